The number of hydrogen-bond acceptors (Lipinski definition) is 3. The second-order valence-electron chi connectivity index (χ2n) is 5.24. The van der Waals surface area contributed by atoms with Gasteiger partial charge in [-0.3, -0.25) is 0 Å². The first-order chi connectivity index (χ1) is 8.75. The van der Waals surface area contributed by atoms with Gasteiger partial charge in [0.05, 0.1) is 7.11 Å². The minimum absolute atomic E-state index is 0.357. The third-order valence-electron chi connectivity index (χ3n) is 4.21. The zero-order valence-electron chi connectivity index (χ0n) is 11.6. The van der Waals surface area contributed by atoms with Crippen LogP contribution in [0.1, 0.15) is 30.9 Å². The van der Waals surface area contributed by atoms with Gasteiger partial charge in [-0.15, -0.1) is 0 Å². The first kappa shape index (κ1) is 13.4. The van der Waals surface area contributed by atoms with E-state index in [1.54, 1.807) is 7.11 Å². The molecule has 0 amide bonds. The van der Waals surface area contributed by atoms with Crippen molar-refractivity contribution in [3.8, 4) is 5.75 Å². The molecular formula is C15H24N2O. The fraction of sp³-hybridized carbons (Fsp3) is 0.600. The molecule has 1 aliphatic rings. The van der Waals surface area contributed by atoms with Crippen LogP contribution in [0.15, 0.2) is 24.3 Å². The summed E-state index contributed by atoms with van der Waals surface area (Å²) in [5.74, 6) is 0.937. The largest absolute Gasteiger partial charge is 0.497 e. The predicted molar refractivity (Wildman–Crippen MR) is 75.0 cm³/mol. The van der Waals surface area contributed by atoms with E-state index in [-0.39, 0.29) is 0 Å². The molecule has 2 rings (SSSR count). The standard InChI is InChI=1S/C15H24N2O/c1-16-11-15(8-5-9-15)14(17-2)12-6-4-7-13(10-12)18-3/h4,6-7,10,14,16-17H,5,8-9,11H2,1-3H3. The highest BCUT2D eigenvalue weighted by Gasteiger charge is 2.43. The summed E-state index contributed by atoms with van der Waals surface area (Å²) in [6, 6.07) is 8.82. The summed E-state index contributed by atoms with van der Waals surface area (Å²) in [5.41, 5.74) is 1.68. The molecule has 0 aliphatic heterocycles. The Morgan fingerprint density at radius 1 is 1.33 bits per heavy atom. The van der Waals surface area contributed by atoms with Crippen molar-refractivity contribution in [2.75, 3.05) is 27.7 Å². The average Bonchev–Trinajstić information content (AvgIpc) is 2.37. The second-order valence-corrected chi connectivity index (χ2v) is 5.24. The quantitative estimate of drug-likeness (QED) is 0.810. The number of methoxy groups -OCH3 is 1. The number of nitrogens with one attached hydrogen (secondary N) is 2. The maximum absolute atomic E-state index is 5.33. The lowest BCUT2D eigenvalue weighted by atomic mass is 9.62. The lowest BCUT2D eigenvalue weighted by Crippen LogP contribution is -2.47. The Kier molecular flexibility index (Phi) is 4.25. The van der Waals surface area contributed by atoms with Gasteiger partial charge in [0.2, 0.25) is 0 Å². The summed E-state index contributed by atoms with van der Waals surface area (Å²) in [4.78, 5) is 0. The zero-order chi connectivity index (χ0) is 13.0. The highest BCUT2D eigenvalue weighted by atomic mass is 16.5. The lowest BCUT2D eigenvalue weighted by Gasteiger charge is -2.48. The third-order valence-corrected chi connectivity index (χ3v) is 4.21. The number of hydrogen-bond donors (Lipinski definition) is 2. The SMILES string of the molecule is CNCC1(C(NC)c2cccc(OC)c2)CCC1. The lowest BCUT2D eigenvalue weighted by molar-refractivity contribution is 0.0788. The molecule has 3 nitrogen and oxygen atoms in total. The normalized spacial score (nSPS) is 19.1. The first-order valence-electron chi connectivity index (χ1n) is 6.71. The second kappa shape index (κ2) is 5.72. The fourth-order valence-electron chi connectivity index (χ4n) is 3.20. The van der Waals surface area contributed by atoms with Crippen LogP contribution in [0.4, 0.5) is 0 Å². The zero-order valence-corrected chi connectivity index (χ0v) is 11.6. The van der Waals surface area contributed by atoms with Gasteiger partial charge in [-0.1, -0.05) is 18.6 Å². The molecule has 1 atom stereocenters. The van der Waals surface area contributed by atoms with Gasteiger partial charge in [0.1, 0.15) is 5.75 Å². The average molecular weight is 248 g/mol. The van der Waals surface area contributed by atoms with Crippen molar-refractivity contribution >= 4 is 0 Å². The molecule has 1 aromatic carbocycles. The van der Waals surface area contributed by atoms with E-state index in [4.69, 9.17) is 4.74 Å². The van der Waals surface area contributed by atoms with Gasteiger partial charge in [0, 0.05) is 18.0 Å². The van der Waals surface area contributed by atoms with E-state index in [2.05, 4.69) is 35.9 Å². The van der Waals surface area contributed by atoms with Gasteiger partial charge in [0.25, 0.3) is 0 Å². The monoisotopic (exact) mass is 248 g/mol. The molecule has 2 N–H and O–H groups in total. The maximum atomic E-state index is 5.33. The Bertz CT molecular complexity index is 388. The van der Waals surface area contributed by atoms with Gasteiger partial charge in [0.15, 0.2) is 0 Å². The predicted octanol–water partition coefficient (Wildman–Crippen LogP) is 2.35. The highest BCUT2D eigenvalue weighted by molar-refractivity contribution is 5.32. The molecule has 1 unspecified atom stereocenters. The van der Waals surface area contributed by atoms with E-state index in [0.29, 0.717) is 11.5 Å². The van der Waals surface area contributed by atoms with Crippen molar-refractivity contribution in [3.63, 3.8) is 0 Å². The van der Waals surface area contributed by atoms with E-state index in [1.807, 2.05) is 13.1 Å². The highest BCUT2D eigenvalue weighted by Crippen LogP contribution is 2.49. The number of benzene rings is 1. The van der Waals surface area contributed by atoms with Crippen LogP contribution in [0.3, 0.4) is 0 Å². The van der Waals surface area contributed by atoms with Crippen LogP contribution in [0.5, 0.6) is 5.75 Å². The Morgan fingerprint density at radius 2 is 2.11 bits per heavy atom. The van der Waals surface area contributed by atoms with Crippen LogP contribution in [0.25, 0.3) is 0 Å². The summed E-state index contributed by atoms with van der Waals surface area (Å²) < 4.78 is 5.33. The van der Waals surface area contributed by atoms with Gasteiger partial charge in [-0.2, -0.15) is 0 Å². The summed E-state index contributed by atoms with van der Waals surface area (Å²) in [5, 5.41) is 6.85. The van der Waals surface area contributed by atoms with Crippen molar-refractivity contribution in [1.82, 2.24) is 10.6 Å². The van der Waals surface area contributed by atoms with Crippen LogP contribution in [0, 0.1) is 5.41 Å². The minimum Gasteiger partial charge on any atom is -0.497 e. The van der Waals surface area contributed by atoms with Crippen LogP contribution in [-0.2, 0) is 0 Å². The van der Waals surface area contributed by atoms with Gasteiger partial charge in [-0.05, 0) is 44.6 Å². The molecule has 0 heterocycles. The van der Waals surface area contributed by atoms with E-state index in [0.717, 1.165) is 12.3 Å². The van der Waals surface area contributed by atoms with E-state index >= 15 is 0 Å². The molecule has 1 aromatic rings. The van der Waals surface area contributed by atoms with Gasteiger partial charge >= 0.3 is 0 Å². The van der Waals surface area contributed by atoms with Crippen molar-refractivity contribution in [1.29, 1.82) is 0 Å². The van der Waals surface area contributed by atoms with Gasteiger partial charge in [-0.25, -0.2) is 0 Å². The van der Waals surface area contributed by atoms with Crippen molar-refractivity contribution in [2.45, 2.75) is 25.3 Å². The molecule has 1 fully saturated rings. The smallest absolute Gasteiger partial charge is 0.119 e. The molecular weight excluding hydrogens is 224 g/mol. The Labute approximate surface area is 110 Å². The van der Waals surface area contributed by atoms with E-state index in [9.17, 15) is 0 Å². The summed E-state index contributed by atoms with van der Waals surface area (Å²) in [6.07, 6.45) is 3.91. The van der Waals surface area contributed by atoms with Crippen LogP contribution in [0.2, 0.25) is 0 Å². The molecule has 0 bridgehead atoms. The van der Waals surface area contributed by atoms with Crippen LogP contribution >= 0.6 is 0 Å². The van der Waals surface area contributed by atoms with E-state index in [1.165, 1.54) is 24.8 Å². The maximum Gasteiger partial charge on any atom is 0.119 e. The molecule has 18 heavy (non-hydrogen) atoms. The van der Waals surface area contributed by atoms with Crippen LogP contribution < -0.4 is 15.4 Å². The number of ether oxygens (including phenoxy) is 1. The van der Waals surface area contributed by atoms with Crippen molar-refractivity contribution in [3.05, 3.63) is 29.8 Å². The molecule has 0 spiro atoms. The first-order valence-corrected chi connectivity index (χ1v) is 6.71. The summed E-state index contributed by atoms with van der Waals surface area (Å²) in [6.45, 7) is 1.07. The summed E-state index contributed by atoms with van der Waals surface area (Å²) in [7, 11) is 5.82. The van der Waals surface area contributed by atoms with Gasteiger partial charge < -0.3 is 15.4 Å². The molecule has 1 saturated carbocycles. The Balaban J connectivity index is 2.26. The van der Waals surface area contributed by atoms with Crippen LogP contribution in [-0.4, -0.2) is 27.7 Å². The molecule has 3 heteroatoms. The van der Waals surface area contributed by atoms with E-state index < -0.39 is 0 Å². The fourth-order valence-corrected chi connectivity index (χ4v) is 3.20. The Morgan fingerprint density at radius 3 is 2.61 bits per heavy atom. The Hall–Kier alpha value is -1.06. The minimum atomic E-state index is 0.357. The number of rotatable bonds is 6. The molecule has 1 aliphatic carbocycles. The molecule has 0 radical (unpaired) electrons. The van der Waals surface area contributed by atoms with Crippen molar-refractivity contribution in [2.24, 2.45) is 5.41 Å². The third kappa shape index (κ3) is 2.38. The molecule has 0 saturated heterocycles. The summed E-state index contributed by atoms with van der Waals surface area (Å²) >= 11 is 0. The molecule has 100 valence electrons. The topological polar surface area (TPSA) is 33.3 Å². The molecule has 0 aromatic heterocycles. The van der Waals surface area contributed by atoms with Crippen molar-refractivity contribution < 1.29 is 4.74 Å².